The molecule has 1 heterocycles. The molecule has 1 amide bonds. The molecule has 0 saturated carbocycles. The number of aryl methyl sites for hydroxylation is 1. The number of hydrogen-bond acceptors (Lipinski definition) is 3. The van der Waals surface area contributed by atoms with Gasteiger partial charge in [0.05, 0.1) is 11.3 Å². The summed E-state index contributed by atoms with van der Waals surface area (Å²) in [5, 5.41) is 10.1. The second-order valence-electron chi connectivity index (χ2n) is 4.44. The molecule has 0 aliphatic rings. The Labute approximate surface area is 117 Å². The predicted molar refractivity (Wildman–Crippen MR) is 82.2 cm³/mol. The molecule has 0 unspecified atom stereocenters. The highest BCUT2D eigenvalue weighted by molar-refractivity contribution is 7.08. The number of carbonyl (C=O) groups excluding carboxylic acids is 1. The minimum atomic E-state index is -0.0722. The third-order valence-electron chi connectivity index (χ3n) is 2.76. The van der Waals surface area contributed by atoms with Crippen LogP contribution in [0.25, 0.3) is 0 Å². The number of nitrogens with one attached hydrogen (secondary N) is 2. The van der Waals surface area contributed by atoms with E-state index < -0.39 is 0 Å². The van der Waals surface area contributed by atoms with Gasteiger partial charge in [0.15, 0.2) is 0 Å². The molecule has 3 nitrogen and oxygen atoms in total. The molecule has 2 N–H and O–H groups in total. The number of carbonyl (C=O) groups is 1. The van der Waals surface area contributed by atoms with Gasteiger partial charge in [0.2, 0.25) is 0 Å². The Balaban J connectivity index is 2.20. The summed E-state index contributed by atoms with van der Waals surface area (Å²) < 4.78 is 0. The summed E-state index contributed by atoms with van der Waals surface area (Å²) in [7, 11) is 0. The number of rotatable bonds is 5. The Morgan fingerprint density at radius 3 is 2.84 bits per heavy atom. The number of benzene rings is 1. The number of anilines is 2. The van der Waals surface area contributed by atoms with Crippen LogP contribution in [-0.2, 0) is 0 Å². The normalized spacial score (nSPS) is 10.2. The lowest BCUT2D eigenvalue weighted by Crippen LogP contribution is -2.15. The van der Waals surface area contributed by atoms with Crippen molar-refractivity contribution in [1.82, 2.24) is 0 Å². The predicted octanol–water partition coefficient (Wildman–Crippen LogP) is 4.13. The summed E-state index contributed by atoms with van der Waals surface area (Å²) in [5.74, 6) is -0.0722. The number of thiophene rings is 1. The Morgan fingerprint density at radius 2 is 2.16 bits per heavy atom. The fraction of sp³-hybridized carbons (Fsp3) is 0.267. The zero-order chi connectivity index (χ0) is 13.7. The maximum Gasteiger partial charge on any atom is 0.257 e. The largest absolute Gasteiger partial charge is 0.384 e. The van der Waals surface area contributed by atoms with Crippen LogP contribution in [0.2, 0.25) is 0 Å². The van der Waals surface area contributed by atoms with E-state index in [2.05, 4.69) is 17.6 Å². The molecule has 1 aromatic carbocycles. The first-order chi connectivity index (χ1) is 9.20. The molecule has 0 bridgehead atoms. The van der Waals surface area contributed by atoms with Gasteiger partial charge in [0, 0.05) is 17.6 Å². The molecular formula is C15H18N2OS. The molecule has 1 aromatic heterocycles. The summed E-state index contributed by atoms with van der Waals surface area (Å²) >= 11 is 1.57. The van der Waals surface area contributed by atoms with Crippen LogP contribution in [0, 0.1) is 6.92 Å². The van der Waals surface area contributed by atoms with Crippen molar-refractivity contribution in [2.45, 2.75) is 20.3 Å². The van der Waals surface area contributed by atoms with Gasteiger partial charge in [0.1, 0.15) is 0 Å². The van der Waals surface area contributed by atoms with Crippen LogP contribution >= 0.6 is 11.3 Å². The van der Waals surface area contributed by atoms with E-state index in [1.54, 1.807) is 11.3 Å². The zero-order valence-corrected chi connectivity index (χ0v) is 12.0. The number of amides is 1. The van der Waals surface area contributed by atoms with Crippen LogP contribution in [0.4, 0.5) is 11.4 Å². The van der Waals surface area contributed by atoms with Gasteiger partial charge in [0.25, 0.3) is 5.91 Å². The molecule has 0 fully saturated rings. The van der Waals surface area contributed by atoms with Crippen molar-refractivity contribution in [3.05, 3.63) is 46.2 Å². The SMILES string of the molecule is CCCNc1cc(C)ccc1C(=O)Nc1ccsc1. The van der Waals surface area contributed by atoms with Gasteiger partial charge < -0.3 is 10.6 Å². The Morgan fingerprint density at radius 1 is 1.32 bits per heavy atom. The molecule has 0 aliphatic carbocycles. The van der Waals surface area contributed by atoms with Crippen LogP contribution in [0.3, 0.4) is 0 Å². The zero-order valence-electron chi connectivity index (χ0n) is 11.2. The molecule has 2 rings (SSSR count). The molecule has 0 aliphatic heterocycles. The summed E-state index contributed by atoms with van der Waals surface area (Å²) in [6.45, 7) is 4.99. The van der Waals surface area contributed by atoms with Gasteiger partial charge >= 0.3 is 0 Å². The van der Waals surface area contributed by atoms with Crippen molar-refractivity contribution in [3.63, 3.8) is 0 Å². The summed E-state index contributed by atoms with van der Waals surface area (Å²) in [6.07, 6.45) is 1.03. The van der Waals surface area contributed by atoms with Gasteiger partial charge in [-0.3, -0.25) is 4.79 Å². The highest BCUT2D eigenvalue weighted by Gasteiger charge is 2.11. The quantitative estimate of drug-likeness (QED) is 0.860. The maximum atomic E-state index is 12.3. The molecule has 0 spiro atoms. The van der Waals surface area contributed by atoms with Crippen LogP contribution in [0.15, 0.2) is 35.0 Å². The highest BCUT2D eigenvalue weighted by Crippen LogP contribution is 2.20. The molecule has 0 radical (unpaired) electrons. The van der Waals surface area contributed by atoms with Crippen molar-refractivity contribution >= 4 is 28.6 Å². The van der Waals surface area contributed by atoms with E-state index in [-0.39, 0.29) is 5.91 Å². The Kier molecular flexibility index (Phi) is 4.58. The van der Waals surface area contributed by atoms with Crippen molar-refractivity contribution in [2.75, 3.05) is 17.2 Å². The Bertz CT molecular complexity index is 549. The lowest BCUT2D eigenvalue weighted by Gasteiger charge is -2.12. The van der Waals surface area contributed by atoms with Crippen LogP contribution < -0.4 is 10.6 Å². The number of hydrogen-bond donors (Lipinski definition) is 2. The summed E-state index contributed by atoms with van der Waals surface area (Å²) in [6, 6.07) is 7.74. The fourth-order valence-corrected chi connectivity index (χ4v) is 2.38. The van der Waals surface area contributed by atoms with Crippen molar-refractivity contribution < 1.29 is 4.79 Å². The molecule has 100 valence electrons. The van der Waals surface area contributed by atoms with Gasteiger partial charge in [-0.15, -0.1) is 0 Å². The van der Waals surface area contributed by atoms with E-state index in [0.717, 1.165) is 29.9 Å². The van der Waals surface area contributed by atoms with E-state index >= 15 is 0 Å². The topological polar surface area (TPSA) is 41.1 Å². The van der Waals surface area contributed by atoms with Gasteiger partial charge in [-0.05, 0) is 42.5 Å². The van der Waals surface area contributed by atoms with E-state index in [1.165, 1.54) is 0 Å². The molecule has 0 saturated heterocycles. The molecular weight excluding hydrogens is 256 g/mol. The van der Waals surface area contributed by atoms with Crippen LogP contribution in [-0.4, -0.2) is 12.5 Å². The average molecular weight is 274 g/mol. The second kappa shape index (κ2) is 6.38. The average Bonchev–Trinajstić information content (AvgIpc) is 2.89. The third-order valence-corrected chi connectivity index (χ3v) is 3.45. The van der Waals surface area contributed by atoms with Gasteiger partial charge in [-0.25, -0.2) is 0 Å². The highest BCUT2D eigenvalue weighted by atomic mass is 32.1. The Hall–Kier alpha value is -1.81. The first-order valence-corrected chi connectivity index (χ1v) is 7.33. The van der Waals surface area contributed by atoms with Crippen molar-refractivity contribution in [1.29, 1.82) is 0 Å². The third kappa shape index (κ3) is 3.58. The fourth-order valence-electron chi connectivity index (χ4n) is 1.80. The van der Waals surface area contributed by atoms with Crippen LogP contribution in [0.5, 0.6) is 0 Å². The van der Waals surface area contributed by atoms with E-state index in [9.17, 15) is 4.79 Å². The minimum absolute atomic E-state index is 0.0722. The van der Waals surface area contributed by atoms with Gasteiger partial charge in [-0.2, -0.15) is 11.3 Å². The standard InChI is InChI=1S/C15H18N2OS/c1-3-7-16-14-9-11(2)4-5-13(14)15(18)17-12-6-8-19-10-12/h4-6,8-10,16H,3,7H2,1-2H3,(H,17,18). The summed E-state index contributed by atoms with van der Waals surface area (Å²) in [5.41, 5.74) is 3.57. The van der Waals surface area contributed by atoms with E-state index in [4.69, 9.17) is 0 Å². The molecule has 2 aromatic rings. The monoisotopic (exact) mass is 274 g/mol. The second-order valence-corrected chi connectivity index (χ2v) is 5.22. The maximum absolute atomic E-state index is 12.3. The summed E-state index contributed by atoms with van der Waals surface area (Å²) in [4.78, 5) is 12.3. The van der Waals surface area contributed by atoms with Crippen molar-refractivity contribution in [2.24, 2.45) is 0 Å². The van der Waals surface area contributed by atoms with E-state index in [0.29, 0.717) is 5.56 Å². The molecule has 19 heavy (non-hydrogen) atoms. The first-order valence-electron chi connectivity index (χ1n) is 6.38. The lowest BCUT2D eigenvalue weighted by atomic mass is 10.1. The minimum Gasteiger partial charge on any atom is -0.384 e. The van der Waals surface area contributed by atoms with Crippen molar-refractivity contribution in [3.8, 4) is 0 Å². The van der Waals surface area contributed by atoms with E-state index in [1.807, 2.05) is 41.9 Å². The van der Waals surface area contributed by atoms with Gasteiger partial charge in [-0.1, -0.05) is 13.0 Å². The molecule has 4 heteroatoms. The first kappa shape index (κ1) is 13.6. The molecule has 0 atom stereocenters. The lowest BCUT2D eigenvalue weighted by molar-refractivity contribution is 0.102. The van der Waals surface area contributed by atoms with Crippen LogP contribution in [0.1, 0.15) is 29.3 Å². The smallest absolute Gasteiger partial charge is 0.257 e.